The van der Waals surface area contributed by atoms with Crippen LogP contribution in [0.25, 0.3) is 0 Å². The Bertz CT molecular complexity index is 724. The molecule has 30 heavy (non-hydrogen) atoms. The number of aliphatic hydroxyl groups is 1. The van der Waals surface area contributed by atoms with Crippen LogP contribution in [0.1, 0.15) is 67.4 Å². The number of nitrogens with one attached hydrogen (secondary N) is 1. The molecule has 0 radical (unpaired) electrons. The SMILES string of the molecule is NC(=O)c1cnc(NC2CCC(OCC(F)(F)F)CC2)nc1CC1CCC[C@@H](O)C1. The molecule has 0 saturated heterocycles. The summed E-state index contributed by atoms with van der Waals surface area (Å²) < 4.78 is 41.8. The monoisotopic (exact) mass is 430 g/mol. The van der Waals surface area contributed by atoms with Crippen LogP contribution in [0.5, 0.6) is 0 Å². The van der Waals surface area contributed by atoms with E-state index in [0.717, 1.165) is 19.3 Å². The van der Waals surface area contributed by atoms with Crippen molar-refractivity contribution in [2.24, 2.45) is 11.7 Å². The Balaban J connectivity index is 1.58. The number of carbonyl (C=O) groups excluding carboxylic acids is 1. The van der Waals surface area contributed by atoms with Crippen molar-refractivity contribution in [2.75, 3.05) is 11.9 Å². The van der Waals surface area contributed by atoms with Crippen LogP contribution in [0.4, 0.5) is 19.1 Å². The predicted molar refractivity (Wildman–Crippen MR) is 104 cm³/mol. The lowest BCUT2D eigenvalue weighted by Crippen LogP contribution is -2.32. The molecule has 2 atom stereocenters. The lowest BCUT2D eigenvalue weighted by molar-refractivity contribution is -0.187. The zero-order chi connectivity index (χ0) is 21.7. The highest BCUT2D eigenvalue weighted by molar-refractivity contribution is 5.93. The number of hydrogen-bond donors (Lipinski definition) is 3. The van der Waals surface area contributed by atoms with Crippen LogP contribution in [0.2, 0.25) is 0 Å². The van der Waals surface area contributed by atoms with E-state index < -0.39 is 24.8 Å². The molecule has 1 aromatic heterocycles. The molecule has 7 nitrogen and oxygen atoms in total. The Labute approximate surface area is 173 Å². The summed E-state index contributed by atoms with van der Waals surface area (Å²) in [5.74, 6) is 0.0251. The van der Waals surface area contributed by atoms with Crippen LogP contribution in [0, 0.1) is 5.92 Å². The molecule has 1 aromatic rings. The van der Waals surface area contributed by atoms with E-state index >= 15 is 0 Å². The second kappa shape index (κ2) is 9.91. The molecule has 0 bridgehead atoms. The molecule has 1 heterocycles. The number of rotatable bonds is 7. The van der Waals surface area contributed by atoms with Crippen molar-refractivity contribution >= 4 is 11.9 Å². The third-order valence-electron chi connectivity index (χ3n) is 5.86. The second-order valence-electron chi connectivity index (χ2n) is 8.35. The van der Waals surface area contributed by atoms with E-state index in [1.165, 1.54) is 6.20 Å². The molecule has 10 heteroatoms. The Morgan fingerprint density at radius 2 is 1.97 bits per heavy atom. The molecule has 3 rings (SSSR count). The number of hydrogen-bond acceptors (Lipinski definition) is 6. The van der Waals surface area contributed by atoms with Crippen molar-refractivity contribution in [1.82, 2.24) is 9.97 Å². The Kier molecular flexibility index (Phi) is 7.51. The third-order valence-corrected chi connectivity index (χ3v) is 5.86. The molecule has 1 unspecified atom stereocenters. The van der Waals surface area contributed by atoms with Gasteiger partial charge in [0.1, 0.15) is 6.61 Å². The first kappa shape index (κ1) is 22.7. The predicted octanol–water partition coefficient (Wildman–Crippen LogP) is 2.97. The molecule has 4 N–H and O–H groups in total. The van der Waals surface area contributed by atoms with E-state index in [0.29, 0.717) is 50.2 Å². The largest absolute Gasteiger partial charge is 0.411 e. The first-order valence-corrected chi connectivity index (χ1v) is 10.5. The highest BCUT2D eigenvalue weighted by Gasteiger charge is 2.31. The number of aromatic nitrogens is 2. The lowest BCUT2D eigenvalue weighted by Gasteiger charge is -2.29. The van der Waals surface area contributed by atoms with Gasteiger partial charge in [-0.15, -0.1) is 0 Å². The van der Waals surface area contributed by atoms with Gasteiger partial charge in [-0.1, -0.05) is 6.42 Å². The summed E-state index contributed by atoms with van der Waals surface area (Å²) in [4.78, 5) is 20.5. The molecular weight excluding hydrogens is 401 g/mol. The fourth-order valence-electron chi connectivity index (χ4n) is 4.34. The van der Waals surface area contributed by atoms with E-state index in [4.69, 9.17) is 10.5 Å². The maximum Gasteiger partial charge on any atom is 0.411 e. The van der Waals surface area contributed by atoms with Gasteiger partial charge in [0.05, 0.1) is 23.5 Å². The third kappa shape index (κ3) is 6.80. The highest BCUT2D eigenvalue weighted by atomic mass is 19.4. The normalized spacial score (nSPS) is 27.6. The van der Waals surface area contributed by atoms with Crippen LogP contribution in [-0.4, -0.2) is 52.0 Å². The highest BCUT2D eigenvalue weighted by Crippen LogP contribution is 2.29. The Morgan fingerprint density at radius 1 is 1.23 bits per heavy atom. The average Bonchev–Trinajstić information content (AvgIpc) is 2.67. The van der Waals surface area contributed by atoms with Gasteiger partial charge < -0.3 is 20.9 Å². The number of anilines is 1. The maximum atomic E-state index is 12.3. The summed E-state index contributed by atoms with van der Waals surface area (Å²) in [6.07, 6.45) is 2.66. The van der Waals surface area contributed by atoms with Crippen LogP contribution < -0.4 is 11.1 Å². The van der Waals surface area contributed by atoms with Crippen LogP contribution >= 0.6 is 0 Å². The van der Waals surface area contributed by atoms with Crippen molar-refractivity contribution in [3.8, 4) is 0 Å². The summed E-state index contributed by atoms with van der Waals surface area (Å²) >= 11 is 0. The van der Waals surface area contributed by atoms with E-state index in [-0.39, 0.29) is 23.6 Å². The zero-order valence-corrected chi connectivity index (χ0v) is 16.8. The van der Waals surface area contributed by atoms with E-state index in [2.05, 4.69) is 15.3 Å². The van der Waals surface area contributed by atoms with Crippen molar-refractivity contribution in [2.45, 2.75) is 82.2 Å². The van der Waals surface area contributed by atoms with Crippen LogP contribution in [0.3, 0.4) is 0 Å². The summed E-state index contributed by atoms with van der Waals surface area (Å²) in [7, 11) is 0. The van der Waals surface area contributed by atoms with Crippen LogP contribution in [0.15, 0.2) is 6.20 Å². The standard InChI is InChI=1S/C20H29F3N4O3/c21-20(22,23)11-30-15-6-4-13(5-7-15)26-19-25-10-16(18(24)29)17(27-19)9-12-2-1-3-14(28)8-12/h10,12-15,28H,1-9,11H2,(H2,24,29)(H,25,26,27)/t12?,13?,14-,15?/m1/s1. The molecule has 0 aliphatic heterocycles. The molecule has 2 fully saturated rings. The van der Waals surface area contributed by atoms with E-state index in [1.807, 2.05) is 0 Å². The second-order valence-corrected chi connectivity index (χ2v) is 8.35. The fourth-order valence-corrected chi connectivity index (χ4v) is 4.34. The quantitative estimate of drug-likeness (QED) is 0.613. The first-order valence-electron chi connectivity index (χ1n) is 10.5. The van der Waals surface area contributed by atoms with E-state index in [9.17, 15) is 23.1 Å². The van der Waals surface area contributed by atoms with Gasteiger partial charge in [0.25, 0.3) is 5.91 Å². The van der Waals surface area contributed by atoms with Crippen molar-refractivity contribution < 1.29 is 27.8 Å². The topological polar surface area (TPSA) is 110 Å². The van der Waals surface area contributed by atoms with Gasteiger partial charge in [-0.3, -0.25) is 4.79 Å². The maximum absolute atomic E-state index is 12.3. The zero-order valence-electron chi connectivity index (χ0n) is 16.8. The van der Waals surface area contributed by atoms with Gasteiger partial charge >= 0.3 is 6.18 Å². The Hall–Kier alpha value is -1.94. The number of nitrogens with two attached hydrogens (primary N) is 1. The van der Waals surface area contributed by atoms with Gasteiger partial charge in [-0.25, -0.2) is 9.97 Å². The summed E-state index contributed by atoms with van der Waals surface area (Å²) in [5.41, 5.74) is 6.33. The summed E-state index contributed by atoms with van der Waals surface area (Å²) in [5, 5.41) is 13.1. The van der Waals surface area contributed by atoms with Gasteiger partial charge in [0.15, 0.2) is 0 Å². The molecule has 0 spiro atoms. The number of halogens is 3. The van der Waals surface area contributed by atoms with Crippen molar-refractivity contribution in [3.05, 3.63) is 17.5 Å². The molecular formula is C20H29F3N4O3. The molecule has 2 saturated carbocycles. The van der Waals surface area contributed by atoms with Crippen molar-refractivity contribution in [3.63, 3.8) is 0 Å². The van der Waals surface area contributed by atoms with E-state index in [1.54, 1.807) is 0 Å². The van der Waals surface area contributed by atoms with Gasteiger partial charge in [-0.05, 0) is 57.3 Å². The minimum absolute atomic E-state index is 0.0273. The number of carbonyl (C=O) groups is 1. The average molecular weight is 430 g/mol. The smallest absolute Gasteiger partial charge is 0.393 e. The fraction of sp³-hybridized carbons (Fsp3) is 0.750. The number of primary amides is 1. The number of aliphatic hydroxyl groups excluding tert-OH is 1. The molecule has 2 aliphatic rings. The van der Waals surface area contributed by atoms with Gasteiger partial charge in [0, 0.05) is 12.2 Å². The number of nitrogens with zero attached hydrogens (tertiary/aromatic N) is 2. The Morgan fingerprint density at radius 3 is 2.60 bits per heavy atom. The number of alkyl halides is 3. The number of amides is 1. The summed E-state index contributed by atoms with van der Waals surface area (Å²) in [6.45, 7) is -1.22. The molecule has 1 amide bonds. The minimum Gasteiger partial charge on any atom is -0.393 e. The van der Waals surface area contributed by atoms with Gasteiger partial charge in [-0.2, -0.15) is 13.2 Å². The first-order chi connectivity index (χ1) is 14.2. The summed E-state index contributed by atoms with van der Waals surface area (Å²) in [6, 6.07) is 0.0273. The molecule has 2 aliphatic carbocycles. The lowest BCUT2D eigenvalue weighted by atomic mass is 9.84. The molecule has 168 valence electrons. The van der Waals surface area contributed by atoms with Crippen LogP contribution in [-0.2, 0) is 11.2 Å². The number of ether oxygens (including phenoxy) is 1. The minimum atomic E-state index is -4.31. The molecule has 0 aromatic carbocycles. The van der Waals surface area contributed by atoms with Gasteiger partial charge in [0.2, 0.25) is 5.95 Å². The van der Waals surface area contributed by atoms with Crippen molar-refractivity contribution in [1.29, 1.82) is 0 Å².